The number of amides is 3. The zero-order valence-electron chi connectivity index (χ0n) is 16.5. The molecule has 1 aliphatic heterocycles. The third-order valence-corrected chi connectivity index (χ3v) is 7.66. The van der Waals surface area contributed by atoms with E-state index in [1.165, 1.54) is 4.90 Å². The normalized spacial score (nSPS) is 26.8. The molecule has 4 rings (SSSR count). The van der Waals surface area contributed by atoms with E-state index in [1.807, 2.05) is 6.92 Å². The lowest BCUT2D eigenvalue weighted by Gasteiger charge is -2.19. The molecule has 1 aromatic rings. The molecule has 3 fully saturated rings. The Kier molecular flexibility index (Phi) is 5.90. The standard InChI is InChI=1S/C21H22BrClN2O5/c1-10-6-13(22)14(23)8-15(10)24-16(26)9-30-17(27)4-5-25-20(28)18-11-2-3-12(7-11)19(18)21(25)29/h6,8,11-12,18-19H,2-5,7,9H2,1H3,(H,24,26)/t11-,12-,18+,19+/m0/s1. The van der Waals surface area contributed by atoms with Gasteiger partial charge in [0.05, 0.1) is 23.3 Å². The topological polar surface area (TPSA) is 92.8 Å². The van der Waals surface area contributed by atoms with Crippen LogP contribution in [-0.2, 0) is 23.9 Å². The monoisotopic (exact) mass is 496 g/mol. The fourth-order valence-electron chi connectivity index (χ4n) is 5.08. The predicted octanol–water partition coefficient (Wildman–Crippen LogP) is 3.31. The van der Waals surface area contributed by atoms with E-state index in [1.54, 1.807) is 12.1 Å². The minimum absolute atomic E-state index is 0.00594. The molecule has 0 spiro atoms. The van der Waals surface area contributed by atoms with Gasteiger partial charge in [-0.25, -0.2) is 0 Å². The average molecular weight is 498 g/mol. The van der Waals surface area contributed by atoms with Crippen molar-refractivity contribution in [1.29, 1.82) is 0 Å². The van der Waals surface area contributed by atoms with Crippen molar-refractivity contribution in [2.24, 2.45) is 23.7 Å². The molecular weight excluding hydrogens is 476 g/mol. The predicted molar refractivity (Wildman–Crippen MR) is 113 cm³/mol. The number of nitrogens with zero attached hydrogens (tertiary/aromatic N) is 1. The van der Waals surface area contributed by atoms with E-state index in [0.29, 0.717) is 27.0 Å². The van der Waals surface area contributed by atoms with Crippen LogP contribution in [0.25, 0.3) is 0 Å². The first-order valence-corrected chi connectivity index (χ1v) is 11.2. The summed E-state index contributed by atoms with van der Waals surface area (Å²) in [5, 5.41) is 3.10. The number of benzene rings is 1. The fraction of sp³-hybridized carbons (Fsp3) is 0.524. The lowest BCUT2D eigenvalue weighted by atomic mass is 9.81. The number of rotatable bonds is 6. The summed E-state index contributed by atoms with van der Waals surface area (Å²) in [4.78, 5) is 50.6. The Hall–Kier alpha value is -1.93. The summed E-state index contributed by atoms with van der Waals surface area (Å²) in [5.74, 6) is -1.19. The van der Waals surface area contributed by atoms with E-state index >= 15 is 0 Å². The number of fused-ring (bicyclic) bond motifs is 5. The first kappa shape index (κ1) is 21.3. The van der Waals surface area contributed by atoms with E-state index in [0.717, 1.165) is 24.8 Å². The van der Waals surface area contributed by atoms with Crippen LogP contribution in [0.3, 0.4) is 0 Å². The minimum atomic E-state index is -0.628. The number of esters is 1. The Morgan fingerprint density at radius 2 is 1.83 bits per heavy atom. The molecule has 1 saturated heterocycles. The molecule has 7 nitrogen and oxygen atoms in total. The Balaban J connectivity index is 1.25. The highest BCUT2D eigenvalue weighted by atomic mass is 79.9. The number of likely N-dealkylation sites (tertiary alicyclic amines) is 1. The molecule has 1 heterocycles. The maximum Gasteiger partial charge on any atom is 0.308 e. The number of imide groups is 1. The fourth-order valence-corrected chi connectivity index (χ4v) is 5.70. The SMILES string of the molecule is Cc1cc(Br)c(Cl)cc1NC(=O)COC(=O)CCN1C(=O)[C@@H]2[C@H]3CC[C@@H](C3)[C@H]2C1=O. The molecule has 0 unspecified atom stereocenters. The number of ether oxygens (including phenoxy) is 1. The Morgan fingerprint density at radius 3 is 2.47 bits per heavy atom. The molecule has 3 amide bonds. The second-order valence-electron chi connectivity index (χ2n) is 8.25. The molecule has 2 saturated carbocycles. The van der Waals surface area contributed by atoms with Gasteiger partial charge in [0.2, 0.25) is 11.8 Å². The van der Waals surface area contributed by atoms with Crippen LogP contribution in [0.5, 0.6) is 0 Å². The lowest BCUT2D eigenvalue weighted by molar-refractivity contribution is -0.149. The molecule has 1 N–H and O–H groups in total. The zero-order chi connectivity index (χ0) is 21.6. The summed E-state index contributed by atoms with van der Waals surface area (Å²) in [7, 11) is 0. The number of hydrogen-bond acceptors (Lipinski definition) is 5. The summed E-state index contributed by atoms with van der Waals surface area (Å²) in [6.07, 6.45) is 2.88. The van der Waals surface area contributed by atoms with Crippen LogP contribution in [0, 0.1) is 30.6 Å². The van der Waals surface area contributed by atoms with Crippen molar-refractivity contribution in [1.82, 2.24) is 4.90 Å². The number of anilines is 1. The van der Waals surface area contributed by atoms with Crippen LogP contribution in [0.4, 0.5) is 5.69 Å². The van der Waals surface area contributed by atoms with Crippen molar-refractivity contribution in [3.05, 3.63) is 27.2 Å². The smallest absolute Gasteiger partial charge is 0.308 e. The molecule has 2 aliphatic carbocycles. The van der Waals surface area contributed by atoms with E-state index < -0.39 is 18.5 Å². The van der Waals surface area contributed by atoms with Gasteiger partial charge in [0.15, 0.2) is 6.61 Å². The van der Waals surface area contributed by atoms with Gasteiger partial charge in [-0.3, -0.25) is 24.1 Å². The first-order valence-electron chi connectivity index (χ1n) is 10.0. The molecule has 160 valence electrons. The second kappa shape index (κ2) is 8.30. The third kappa shape index (κ3) is 3.87. The molecule has 2 bridgehead atoms. The summed E-state index contributed by atoms with van der Waals surface area (Å²) >= 11 is 9.35. The van der Waals surface area contributed by atoms with Crippen LogP contribution in [0.2, 0.25) is 5.02 Å². The lowest BCUT2D eigenvalue weighted by Crippen LogP contribution is -2.35. The maximum atomic E-state index is 12.6. The quantitative estimate of drug-likeness (QED) is 0.481. The number of nitrogens with one attached hydrogen (secondary N) is 1. The molecular formula is C21H22BrClN2O5. The van der Waals surface area contributed by atoms with Gasteiger partial charge in [0.25, 0.3) is 5.91 Å². The van der Waals surface area contributed by atoms with Crippen LogP contribution < -0.4 is 5.32 Å². The second-order valence-corrected chi connectivity index (χ2v) is 9.51. The van der Waals surface area contributed by atoms with Crippen molar-refractivity contribution < 1.29 is 23.9 Å². The van der Waals surface area contributed by atoms with Gasteiger partial charge in [0, 0.05) is 16.7 Å². The van der Waals surface area contributed by atoms with Gasteiger partial charge in [0.1, 0.15) is 0 Å². The van der Waals surface area contributed by atoms with Gasteiger partial charge < -0.3 is 10.1 Å². The molecule has 1 aromatic carbocycles. The first-order chi connectivity index (χ1) is 14.3. The van der Waals surface area contributed by atoms with Crippen molar-refractivity contribution in [3.8, 4) is 0 Å². The van der Waals surface area contributed by atoms with E-state index in [9.17, 15) is 19.2 Å². The summed E-state index contributed by atoms with van der Waals surface area (Å²) < 4.78 is 5.72. The molecule has 3 aliphatic rings. The van der Waals surface area contributed by atoms with Gasteiger partial charge in [-0.1, -0.05) is 11.6 Å². The highest BCUT2D eigenvalue weighted by Gasteiger charge is 2.60. The van der Waals surface area contributed by atoms with Gasteiger partial charge >= 0.3 is 5.97 Å². The number of hydrogen-bond donors (Lipinski definition) is 1. The molecule has 30 heavy (non-hydrogen) atoms. The third-order valence-electron chi connectivity index (χ3n) is 6.46. The molecule has 9 heteroatoms. The van der Waals surface area contributed by atoms with E-state index in [4.69, 9.17) is 16.3 Å². The highest BCUT2D eigenvalue weighted by molar-refractivity contribution is 9.10. The van der Waals surface area contributed by atoms with Crippen molar-refractivity contribution in [3.63, 3.8) is 0 Å². The largest absolute Gasteiger partial charge is 0.456 e. The van der Waals surface area contributed by atoms with Gasteiger partial charge in [-0.05, 0) is 71.6 Å². The maximum absolute atomic E-state index is 12.6. The number of carbonyl (C=O) groups excluding carboxylic acids is 4. The Labute approximate surface area is 187 Å². The van der Waals surface area contributed by atoms with Crippen LogP contribution in [0.15, 0.2) is 16.6 Å². The Bertz CT molecular complexity index is 908. The highest BCUT2D eigenvalue weighted by Crippen LogP contribution is 2.56. The summed E-state index contributed by atoms with van der Waals surface area (Å²) in [5.41, 5.74) is 1.33. The van der Waals surface area contributed by atoms with E-state index in [2.05, 4.69) is 21.2 Å². The van der Waals surface area contributed by atoms with Gasteiger partial charge in [-0.2, -0.15) is 0 Å². The van der Waals surface area contributed by atoms with Crippen LogP contribution >= 0.6 is 27.5 Å². The minimum Gasteiger partial charge on any atom is -0.456 e. The Morgan fingerprint density at radius 1 is 1.20 bits per heavy atom. The number of halogens is 2. The number of aryl methyl sites for hydroxylation is 1. The summed E-state index contributed by atoms with van der Waals surface area (Å²) in [6, 6.07) is 3.38. The number of carbonyl (C=O) groups is 4. The van der Waals surface area contributed by atoms with Crippen molar-refractivity contribution in [2.45, 2.75) is 32.6 Å². The molecule has 0 radical (unpaired) electrons. The molecule has 0 aromatic heterocycles. The summed E-state index contributed by atoms with van der Waals surface area (Å²) in [6.45, 7) is 1.36. The zero-order valence-corrected chi connectivity index (χ0v) is 18.8. The van der Waals surface area contributed by atoms with Crippen LogP contribution in [0.1, 0.15) is 31.2 Å². The molecule has 4 atom stereocenters. The van der Waals surface area contributed by atoms with Crippen molar-refractivity contribution >= 4 is 56.9 Å². The van der Waals surface area contributed by atoms with Crippen molar-refractivity contribution in [2.75, 3.05) is 18.5 Å². The van der Waals surface area contributed by atoms with E-state index in [-0.39, 0.29) is 36.6 Å². The van der Waals surface area contributed by atoms with Gasteiger partial charge in [-0.15, -0.1) is 0 Å². The average Bonchev–Trinajstić information content (AvgIpc) is 3.37. The van der Waals surface area contributed by atoms with Crippen LogP contribution in [-0.4, -0.2) is 41.7 Å².